The van der Waals surface area contributed by atoms with Gasteiger partial charge in [-0.25, -0.2) is 4.79 Å². The first-order chi connectivity index (χ1) is 15.6. The van der Waals surface area contributed by atoms with Gasteiger partial charge < -0.3 is 19.9 Å². The number of nitrogens with one attached hydrogen (secondary N) is 1. The van der Waals surface area contributed by atoms with E-state index < -0.39 is 11.6 Å². The second-order valence-electron chi connectivity index (χ2n) is 11.4. The zero-order chi connectivity index (χ0) is 24.3. The summed E-state index contributed by atoms with van der Waals surface area (Å²) < 4.78 is 6.04. The molecule has 0 aromatic rings. The molecule has 0 aromatic carbocycles. The van der Waals surface area contributed by atoms with Crippen molar-refractivity contribution in [2.45, 2.75) is 104 Å². The van der Waals surface area contributed by atoms with Crippen LogP contribution in [-0.2, 0) is 14.3 Å². The third kappa shape index (κ3) is 5.48. The van der Waals surface area contributed by atoms with Gasteiger partial charge in [0.05, 0.1) is 0 Å². The Hall–Kier alpha value is -1.79. The lowest BCUT2D eigenvalue weighted by atomic mass is 9.75. The maximum absolute atomic E-state index is 13.3. The van der Waals surface area contributed by atoms with Crippen molar-refractivity contribution >= 4 is 17.9 Å². The van der Waals surface area contributed by atoms with E-state index in [0.717, 1.165) is 19.3 Å². The minimum absolute atomic E-state index is 0.0251. The summed E-state index contributed by atoms with van der Waals surface area (Å²) in [6.07, 6.45) is 5.29. The molecule has 33 heavy (non-hydrogen) atoms. The molecular weight excluding hydrogens is 418 g/mol. The molecule has 1 saturated carbocycles. The van der Waals surface area contributed by atoms with Crippen LogP contribution in [0.1, 0.15) is 86.5 Å². The first kappa shape index (κ1) is 25.8. The Labute approximate surface area is 200 Å². The highest BCUT2D eigenvalue weighted by Crippen LogP contribution is 2.37. The SMILES string of the molecule is CCCN1C(=O)C(CC(C)C)NC(=O)C12CCN(C(=O)O[C@@H]1C[C@H](C)CC[C@H]1C(C)C)CC2. The van der Waals surface area contributed by atoms with Crippen LogP contribution in [0.3, 0.4) is 0 Å². The van der Waals surface area contributed by atoms with Gasteiger partial charge >= 0.3 is 6.09 Å². The second kappa shape index (κ2) is 10.6. The lowest BCUT2D eigenvalue weighted by Gasteiger charge is -2.51. The summed E-state index contributed by atoms with van der Waals surface area (Å²) in [6.45, 7) is 14.3. The predicted molar refractivity (Wildman–Crippen MR) is 129 cm³/mol. The molecule has 2 aliphatic heterocycles. The average molecular weight is 464 g/mol. The zero-order valence-electron chi connectivity index (χ0n) is 21.6. The van der Waals surface area contributed by atoms with E-state index in [2.05, 4.69) is 39.9 Å². The highest BCUT2D eigenvalue weighted by Gasteiger charge is 2.54. The summed E-state index contributed by atoms with van der Waals surface area (Å²) >= 11 is 0. The van der Waals surface area contributed by atoms with Crippen LogP contribution >= 0.6 is 0 Å². The predicted octanol–water partition coefficient (Wildman–Crippen LogP) is 4.20. The van der Waals surface area contributed by atoms with E-state index in [1.165, 1.54) is 6.42 Å². The van der Waals surface area contributed by atoms with Gasteiger partial charge in [0.15, 0.2) is 0 Å². The Kier molecular flexibility index (Phi) is 8.33. The first-order valence-electron chi connectivity index (χ1n) is 13.2. The van der Waals surface area contributed by atoms with Crippen LogP contribution in [0.15, 0.2) is 0 Å². The van der Waals surface area contributed by atoms with E-state index in [9.17, 15) is 14.4 Å². The van der Waals surface area contributed by atoms with Gasteiger partial charge in [-0.15, -0.1) is 0 Å². The Bertz CT molecular complexity index is 714. The Morgan fingerprint density at radius 1 is 1.15 bits per heavy atom. The van der Waals surface area contributed by atoms with Crippen LogP contribution in [0.5, 0.6) is 0 Å². The summed E-state index contributed by atoms with van der Waals surface area (Å²) in [5.41, 5.74) is -0.850. The monoisotopic (exact) mass is 463 g/mol. The fourth-order valence-electron chi connectivity index (χ4n) is 6.07. The van der Waals surface area contributed by atoms with Crippen LogP contribution < -0.4 is 5.32 Å². The normalized spacial score (nSPS) is 30.2. The summed E-state index contributed by atoms with van der Waals surface area (Å²) in [6, 6.07) is -0.445. The Balaban J connectivity index is 1.67. The maximum Gasteiger partial charge on any atom is 0.410 e. The second-order valence-corrected chi connectivity index (χ2v) is 11.4. The van der Waals surface area contributed by atoms with E-state index in [-0.39, 0.29) is 24.0 Å². The fraction of sp³-hybridized carbons (Fsp3) is 0.885. The molecule has 3 rings (SSSR count). The van der Waals surface area contributed by atoms with Crippen LogP contribution in [0.4, 0.5) is 4.79 Å². The molecule has 1 N–H and O–H groups in total. The number of rotatable bonds is 6. The van der Waals surface area contributed by atoms with E-state index in [4.69, 9.17) is 4.74 Å². The highest BCUT2D eigenvalue weighted by atomic mass is 16.6. The molecule has 7 nitrogen and oxygen atoms in total. The van der Waals surface area contributed by atoms with E-state index in [1.54, 1.807) is 4.90 Å². The number of hydrogen-bond donors (Lipinski definition) is 1. The zero-order valence-corrected chi connectivity index (χ0v) is 21.6. The van der Waals surface area contributed by atoms with Gasteiger partial charge in [0.1, 0.15) is 17.7 Å². The molecule has 3 amide bonds. The van der Waals surface area contributed by atoms with Crippen LogP contribution in [0.2, 0.25) is 0 Å². The molecule has 7 heteroatoms. The minimum Gasteiger partial charge on any atom is -0.446 e. The van der Waals surface area contributed by atoms with E-state index in [0.29, 0.717) is 62.6 Å². The van der Waals surface area contributed by atoms with Crippen molar-refractivity contribution in [3.63, 3.8) is 0 Å². The number of ether oxygens (including phenoxy) is 1. The smallest absolute Gasteiger partial charge is 0.410 e. The molecule has 1 aliphatic carbocycles. The summed E-state index contributed by atoms with van der Waals surface area (Å²) in [5.74, 6) is 1.75. The molecular formula is C26H45N3O4. The molecule has 4 atom stereocenters. The highest BCUT2D eigenvalue weighted by molar-refractivity contribution is 6.00. The topological polar surface area (TPSA) is 79.0 Å². The van der Waals surface area contributed by atoms with Crippen molar-refractivity contribution in [2.24, 2.45) is 23.7 Å². The molecule has 1 spiro atoms. The van der Waals surface area contributed by atoms with Crippen molar-refractivity contribution in [2.75, 3.05) is 19.6 Å². The largest absolute Gasteiger partial charge is 0.446 e. The Morgan fingerprint density at radius 2 is 1.82 bits per heavy atom. The number of nitrogens with zero attached hydrogens (tertiary/aromatic N) is 2. The van der Waals surface area contributed by atoms with Gasteiger partial charge in [0.25, 0.3) is 0 Å². The number of amides is 3. The molecule has 3 fully saturated rings. The van der Waals surface area contributed by atoms with Gasteiger partial charge in [-0.05, 0) is 62.2 Å². The van der Waals surface area contributed by atoms with Crippen LogP contribution in [-0.4, -0.2) is 65.0 Å². The third-order valence-corrected chi connectivity index (χ3v) is 8.03. The average Bonchev–Trinajstić information content (AvgIpc) is 2.75. The van der Waals surface area contributed by atoms with Crippen molar-refractivity contribution in [3.8, 4) is 0 Å². The van der Waals surface area contributed by atoms with Gasteiger partial charge in [0, 0.05) is 19.6 Å². The molecule has 0 bridgehead atoms. The van der Waals surface area contributed by atoms with Gasteiger partial charge in [-0.3, -0.25) is 9.59 Å². The van der Waals surface area contributed by atoms with Crippen LogP contribution in [0, 0.1) is 23.7 Å². The summed E-state index contributed by atoms with van der Waals surface area (Å²) in [5, 5.41) is 3.01. The summed E-state index contributed by atoms with van der Waals surface area (Å²) in [4.78, 5) is 43.2. The number of piperidine rings is 1. The molecule has 0 radical (unpaired) electrons. The number of likely N-dealkylation sites (tertiary alicyclic amines) is 1. The third-order valence-electron chi connectivity index (χ3n) is 8.03. The number of hydrogen-bond acceptors (Lipinski definition) is 4. The van der Waals surface area contributed by atoms with Crippen molar-refractivity contribution in [1.29, 1.82) is 0 Å². The van der Waals surface area contributed by atoms with E-state index in [1.807, 2.05) is 11.8 Å². The Morgan fingerprint density at radius 3 is 2.39 bits per heavy atom. The first-order valence-corrected chi connectivity index (χ1v) is 13.2. The standard InChI is InChI=1S/C26H45N3O4/c1-7-12-29-23(30)21(15-17(2)3)27-24(31)26(29)10-13-28(14-11-26)25(32)33-22-16-19(6)8-9-20(22)18(4)5/h17-22H,7-16H2,1-6H3,(H,27,31)/t19-,20+,21?,22-/m1/s1. The minimum atomic E-state index is -0.850. The van der Waals surface area contributed by atoms with E-state index >= 15 is 0 Å². The van der Waals surface area contributed by atoms with Gasteiger partial charge in [-0.1, -0.05) is 48.0 Å². The lowest BCUT2D eigenvalue weighted by molar-refractivity contribution is -0.161. The molecule has 0 aromatic heterocycles. The molecule has 188 valence electrons. The number of piperazine rings is 1. The van der Waals surface area contributed by atoms with Crippen molar-refractivity contribution in [3.05, 3.63) is 0 Å². The maximum atomic E-state index is 13.3. The molecule has 2 heterocycles. The van der Waals surface area contributed by atoms with Gasteiger partial charge in [-0.2, -0.15) is 0 Å². The summed E-state index contributed by atoms with van der Waals surface area (Å²) in [7, 11) is 0. The number of carbonyl (C=O) groups is 3. The van der Waals surface area contributed by atoms with Crippen molar-refractivity contribution in [1.82, 2.24) is 15.1 Å². The van der Waals surface area contributed by atoms with Gasteiger partial charge in [0.2, 0.25) is 11.8 Å². The van der Waals surface area contributed by atoms with Crippen LogP contribution in [0.25, 0.3) is 0 Å². The molecule has 1 unspecified atom stereocenters. The van der Waals surface area contributed by atoms with Crippen molar-refractivity contribution < 1.29 is 19.1 Å². The quantitative estimate of drug-likeness (QED) is 0.640. The lowest BCUT2D eigenvalue weighted by Crippen LogP contribution is -2.73. The molecule has 2 saturated heterocycles. The number of carbonyl (C=O) groups excluding carboxylic acids is 3. The molecule has 3 aliphatic rings. The fourth-order valence-corrected chi connectivity index (χ4v) is 6.07.